The number of hydrogen-bond acceptors (Lipinski definition) is 6. The van der Waals surface area contributed by atoms with Gasteiger partial charge < -0.3 is 13.8 Å². The molecule has 0 saturated heterocycles. The molecule has 1 aromatic carbocycles. The number of esters is 1. The summed E-state index contributed by atoms with van der Waals surface area (Å²) in [5.74, 6) is -0.993. The van der Waals surface area contributed by atoms with Gasteiger partial charge in [0.25, 0.3) is 0 Å². The van der Waals surface area contributed by atoms with Crippen molar-refractivity contribution in [3.05, 3.63) is 29.8 Å². The van der Waals surface area contributed by atoms with Crippen LogP contribution in [0.3, 0.4) is 0 Å². The standard InChI is InChI=1S/C16H21O6P/c1-4-14(17)16(23(19,20-5-2)21-6-3)11-12-9-7-8-10-13(12)22-15(16)18/h7-10H,4-6,11H2,1-3H3. The molecule has 126 valence electrons. The Hall–Kier alpha value is -1.49. The second kappa shape index (κ2) is 6.95. The van der Waals surface area contributed by atoms with Crippen LogP contribution in [0.4, 0.5) is 0 Å². The third-order valence-electron chi connectivity index (χ3n) is 3.81. The zero-order chi connectivity index (χ0) is 17.1. The molecule has 0 fully saturated rings. The maximum absolute atomic E-state index is 13.3. The summed E-state index contributed by atoms with van der Waals surface area (Å²) < 4.78 is 29.3. The average molecular weight is 340 g/mol. The fourth-order valence-electron chi connectivity index (χ4n) is 2.75. The molecular weight excluding hydrogens is 319 g/mol. The van der Waals surface area contributed by atoms with Crippen molar-refractivity contribution in [2.24, 2.45) is 0 Å². The summed E-state index contributed by atoms with van der Waals surface area (Å²) in [5.41, 5.74) is 0.633. The first-order chi connectivity index (χ1) is 10.9. The van der Waals surface area contributed by atoms with Gasteiger partial charge >= 0.3 is 13.6 Å². The second-order valence-electron chi connectivity index (χ2n) is 5.14. The van der Waals surface area contributed by atoms with Crippen LogP contribution in [-0.4, -0.2) is 30.1 Å². The lowest BCUT2D eigenvalue weighted by molar-refractivity contribution is -0.144. The maximum atomic E-state index is 13.3. The number of carbonyl (C=O) groups excluding carboxylic acids is 2. The van der Waals surface area contributed by atoms with E-state index in [4.69, 9.17) is 13.8 Å². The number of hydrogen-bond donors (Lipinski definition) is 0. The van der Waals surface area contributed by atoms with E-state index in [1.165, 1.54) is 0 Å². The Morgan fingerprint density at radius 2 is 1.83 bits per heavy atom. The fourth-order valence-corrected chi connectivity index (χ4v) is 5.04. The molecule has 1 heterocycles. The van der Waals surface area contributed by atoms with Gasteiger partial charge in [-0.15, -0.1) is 0 Å². The summed E-state index contributed by atoms with van der Waals surface area (Å²) in [5, 5.41) is -1.94. The van der Waals surface area contributed by atoms with Crippen molar-refractivity contribution in [3.63, 3.8) is 0 Å². The van der Waals surface area contributed by atoms with Gasteiger partial charge in [-0.05, 0) is 25.5 Å². The Morgan fingerprint density at radius 3 is 2.39 bits per heavy atom. The number of ether oxygens (including phenoxy) is 1. The van der Waals surface area contributed by atoms with Crippen LogP contribution in [0.2, 0.25) is 0 Å². The van der Waals surface area contributed by atoms with E-state index in [2.05, 4.69) is 0 Å². The minimum Gasteiger partial charge on any atom is -0.425 e. The molecule has 0 bridgehead atoms. The van der Waals surface area contributed by atoms with Crippen molar-refractivity contribution >= 4 is 19.3 Å². The molecule has 1 aliphatic rings. The van der Waals surface area contributed by atoms with Crippen molar-refractivity contribution < 1.29 is 27.9 Å². The summed E-state index contributed by atoms with van der Waals surface area (Å²) in [6, 6.07) is 6.87. The van der Waals surface area contributed by atoms with Crippen molar-refractivity contribution in [3.8, 4) is 5.75 Å². The van der Waals surface area contributed by atoms with Crippen molar-refractivity contribution in [2.45, 2.75) is 38.8 Å². The first-order valence-electron chi connectivity index (χ1n) is 7.67. The number of carbonyl (C=O) groups is 2. The van der Waals surface area contributed by atoms with Crippen LogP contribution in [0.25, 0.3) is 0 Å². The van der Waals surface area contributed by atoms with Gasteiger partial charge in [-0.25, -0.2) is 4.79 Å². The molecule has 1 atom stereocenters. The fraction of sp³-hybridized carbons (Fsp3) is 0.500. The summed E-state index contributed by atoms with van der Waals surface area (Å²) in [4.78, 5) is 25.4. The Balaban J connectivity index is 2.63. The second-order valence-corrected chi connectivity index (χ2v) is 7.42. The van der Waals surface area contributed by atoms with E-state index in [1.807, 2.05) is 0 Å². The zero-order valence-corrected chi connectivity index (χ0v) is 14.4. The molecule has 1 aliphatic heterocycles. The van der Waals surface area contributed by atoms with Gasteiger partial charge in [0.15, 0.2) is 5.78 Å². The topological polar surface area (TPSA) is 78.9 Å². The largest absolute Gasteiger partial charge is 0.425 e. The molecule has 0 N–H and O–H groups in total. The Bertz CT molecular complexity index is 646. The molecule has 23 heavy (non-hydrogen) atoms. The molecule has 1 aromatic rings. The van der Waals surface area contributed by atoms with E-state index in [0.717, 1.165) is 0 Å². The van der Waals surface area contributed by atoms with Crippen LogP contribution in [0.1, 0.15) is 32.8 Å². The van der Waals surface area contributed by atoms with Crippen LogP contribution < -0.4 is 4.74 Å². The number of ketones is 1. The smallest absolute Gasteiger partial charge is 0.355 e. The summed E-state index contributed by atoms with van der Waals surface area (Å²) in [6.07, 6.45) is -0.0205. The minimum atomic E-state index is -4.03. The SMILES string of the molecule is CCOP(=O)(OCC)C1(C(=O)CC)Cc2ccccc2OC1=O. The summed E-state index contributed by atoms with van der Waals surface area (Å²) >= 11 is 0. The van der Waals surface area contributed by atoms with E-state index < -0.39 is 24.5 Å². The predicted octanol–water partition coefficient (Wildman–Crippen LogP) is 3.13. The van der Waals surface area contributed by atoms with Crippen LogP contribution in [-0.2, 0) is 29.6 Å². The van der Waals surface area contributed by atoms with Crippen molar-refractivity contribution in [2.75, 3.05) is 13.2 Å². The van der Waals surface area contributed by atoms with Gasteiger partial charge in [0.2, 0.25) is 5.16 Å². The molecule has 0 radical (unpaired) electrons. The first kappa shape index (κ1) is 17.9. The lowest BCUT2D eigenvalue weighted by atomic mass is 9.90. The zero-order valence-electron chi connectivity index (χ0n) is 13.5. The molecule has 6 nitrogen and oxygen atoms in total. The molecule has 0 amide bonds. The molecule has 7 heteroatoms. The van der Waals surface area contributed by atoms with Gasteiger partial charge in [0.1, 0.15) is 5.75 Å². The van der Waals surface area contributed by atoms with E-state index in [-0.39, 0.29) is 26.1 Å². The Labute approximate surface area is 135 Å². The Kier molecular flexibility index (Phi) is 5.40. The number of benzene rings is 1. The van der Waals surface area contributed by atoms with E-state index in [1.54, 1.807) is 45.0 Å². The van der Waals surface area contributed by atoms with Crippen LogP contribution in [0.15, 0.2) is 24.3 Å². The third-order valence-corrected chi connectivity index (χ3v) is 6.53. The monoisotopic (exact) mass is 340 g/mol. The van der Waals surface area contributed by atoms with Gasteiger partial charge in [0.05, 0.1) is 13.2 Å². The minimum absolute atomic E-state index is 0.0292. The molecule has 0 aromatic heterocycles. The normalized spacial score (nSPS) is 20.7. The highest BCUT2D eigenvalue weighted by atomic mass is 31.2. The van der Waals surface area contributed by atoms with Crippen LogP contribution >= 0.6 is 7.60 Å². The van der Waals surface area contributed by atoms with Gasteiger partial charge in [-0.3, -0.25) is 9.36 Å². The summed E-state index contributed by atoms with van der Waals surface area (Å²) in [6.45, 7) is 5.01. The van der Waals surface area contributed by atoms with Gasteiger partial charge in [0, 0.05) is 12.8 Å². The lowest BCUT2D eigenvalue weighted by Gasteiger charge is -2.38. The molecule has 0 aliphatic carbocycles. The molecule has 1 unspecified atom stereocenters. The maximum Gasteiger partial charge on any atom is 0.355 e. The number of rotatable bonds is 7. The van der Waals surface area contributed by atoms with Crippen LogP contribution in [0, 0.1) is 0 Å². The lowest BCUT2D eigenvalue weighted by Crippen LogP contribution is -2.53. The highest BCUT2D eigenvalue weighted by molar-refractivity contribution is 7.58. The number of fused-ring (bicyclic) bond motifs is 1. The Morgan fingerprint density at radius 1 is 1.22 bits per heavy atom. The average Bonchev–Trinajstić information content (AvgIpc) is 2.53. The van der Waals surface area contributed by atoms with Crippen molar-refractivity contribution in [1.29, 1.82) is 0 Å². The first-order valence-corrected chi connectivity index (χ1v) is 9.22. The molecular formula is C16H21O6P. The highest BCUT2D eigenvalue weighted by Crippen LogP contribution is 2.63. The number of Topliss-reactive ketones (excluding diaryl/α,β-unsaturated/α-hetero) is 1. The van der Waals surface area contributed by atoms with Gasteiger partial charge in [-0.1, -0.05) is 25.1 Å². The van der Waals surface area contributed by atoms with E-state index in [0.29, 0.717) is 11.3 Å². The third kappa shape index (κ3) is 2.87. The predicted molar refractivity (Wildman–Crippen MR) is 84.7 cm³/mol. The molecule has 2 rings (SSSR count). The summed E-state index contributed by atoms with van der Waals surface area (Å²) in [7, 11) is -4.03. The van der Waals surface area contributed by atoms with E-state index in [9.17, 15) is 14.2 Å². The van der Waals surface area contributed by atoms with E-state index >= 15 is 0 Å². The quantitative estimate of drug-likeness (QED) is 0.328. The van der Waals surface area contributed by atoms with Crippen molar-refractivity contribution in [1.82, 2.24) is 0 Å². The number of para-hydroxylation sites is 1. The molecule has 0 saturated carbocycles. The van der Waals surface area contributed by atoms with Crippen LogP contribution in [0.5, 0.6) is 5.75 Å². The molecule has 0 spiro atoms. The van der Waals surface area contributed by atoms with Gasteiger partial charge in [-0.2, -0.15) is 0 Å². The highest BCUT2D eigenvalue weighted by Gasteiger charge is 2.64.